The first-order valence-electron chi connectivity index (χ1n) is 8.77. The summed E-state index contributed by atoms with van der Waals surface area (Å²) >= 11 is 0. The molecule has 1 amide bonds. The number of carbonyl (C=O) groups excluding carboxylic acids is 2. The summed E-state index contributed by atoms with van der Waals surface area (Å²) in [5, 5.41) is 3.44. The highest BCUT2D eigenvalue weighted by molar-refractivity contribution is 5.86. The highest BCUT2D eigenvalue weighted by atomic mass is 16.5. The predicted molar refractivity (Wildman–Crippen MR) is 101 cm³/mol. The molecule has 0 aliphatic carbocycles. The second-order valence-corrected chi connectivity index (χ2v) is 6.88. The fraction of sp³-hybridized carbons (Fsp3) is 0.450. The molecule has 0 spiro atoms. The van der Waals surface area contributed by atoms with Crippen molar-refractivity contribution < 1.29 is 23.5 Å². The van der Waals surface area contributed by atoms with Crippen molar-refractivity contribution in [2.45, 2.75) is 40.2 Å². The molecule has 2 rings (SSSR count). The van der Waals surface area contributed by atoms with Gasteiger partial charge in [-0.25, -0.2) is 9.59 Å². The molecule has 146 valence electrons. The Morgan fingerprint density at radius 2 is 1.93 bits per heavy atom. The van der Waals surface area contributed by atoms with Crippen LogP contribution in [-0.4, -0.2) is 31.6 Å². The number of esters is 1. The third-order valence-electron chi connectivity index (χ3n) is 4.20. The molecule has 0 saturated carbocycles. The first kappa shape index (κ1) is 20.5. The molecule has 7 heteroatoms. The number of nitrogens with one attached hydrogen (secondary N) is 1. The summed E-state index contributed by atoms with van der Waals surface area (Å²) in [5.74, 6) is -0.276. The number of amides is 1. The Morgan fingerprint density at radius 3 is 2.56 bits per heavy atom. The van der Waals surface area contributed by atoms with E-state index in [0.717, 1.165) is 10.9 Å². The van der Waals surface area contributed by atoms with Crippen molar-refractivity contribution in [3.63, 3.8) is 0 Å². The van der Waals surface area contributed by atoms with E-state index in [2.05, 4.69) is 5.32 Å². The van der Waals surface area contributed by atoms with Crippen LogP contribution >= 0.6 is 0 Å². The lowest BCUT2D eigenvalue weighted by Gasteiger charge is -2.18. The summed E-state index contributed by atoms with van der Waals surface area (Å²) in [4.78, 5) is 35.6. The molecule has 0 aliphatic heterocycles. The van der Waals surface area contributed by atoms with E-state index < -0.39 is 23.5 Å². The van der Waals surface area contributed by atoms with Crippen LogP contribution in [-0.2, 0) is 14.3 Å². The first-order valence-corrected chi connectivity index (χ1v) is 8.77. The van der Waals surface area contributed by atoms with Crippen LogP contribution in [0.1, 0.15) is 31.4 Å². The van der Waals surface area contributed by atoms with Crippen molar-refractivity contribution in [3.8, 4) is 5.75 Å². The highest BCUT2D eigenvalue weighted by Crippen LogP contribution is 2.28. The fourth-order valence-electron chi connectivity index (χ4n) is 2.86. The Labute approximate surface area is 157 Å². The smallest absolute Gasteiger partial charge is 0.336 e. The summed E-state index contributed by atoms with van der Waals surface area (Å²) in [6.07, 6.45) is 0.470. The maximum absolute atomic E-state index is 12.2. The zero-order chi connectivity index (χ0) is 20.1. The topological polar surface area (TPSA) is 94.8 Å². The number of rotatable bonds is 7. The first-order chi connectivity index (χ1) is 12.7. The van der Waals surface area contributed by atoms with Gasteiger partial charge in [-0.1, -0.05) is 13.8 Å². The van der Waals surface area contributed by atoms with Crippen molar-refractivity contribution >= 4 is 22.8 Å². The van der Waals surface area contributed by atoms with E-state index in [0.29, 0.717) is 23.3 Å². The molecule has 0 unspecified atom stereocenters. The summed E-state index contributed by atoms with van der Waals surface area (Å²) < 4.78 is 15.6. The van der Waals surface area contributed by atoms with Crippen LogP contribution in [0, 0.1) is 19.8 Å². The van der Waals surface area contributed by atoms with Crippen molar-refractivity contribution in [1.82, 2.24) is 5.32 Å². The monoisotopic (exact) mass is 375 g/mol. The number of aryl methyl sites for hydroxylation is 2. The molecule has 1 N–H and O–H groups in total. The number of ether oxygens (including phenoxy) is 2. The molecular formula is C20H25NO6. The molecule has 0 radical (unpaired) electrons. The maximum atomic E-state index is 12.2. The van der Waals surface area contributed by atoms with Crippen LogP contribution < -0.4 is 15.7 Å². The number of fused-ring (bicyclic) bond motifs is 1. The zero-order valence-corrected chi connectivity index (χ0v) is 16.3. The molecule has 7 nitrogen and oxygen atoms in total. The predicted octanol–water partition coefficient (Wildman–Crippen LogP) is 2.49. The van der Waals surface area contributed by atoms with Crippen LogP contribution in [0.25, 0.3) is 11.0 Å². The quantitative estimate of drug-likeness (QED) is 0.590. The van der Waals surface area contributed by atoms with E-state index in [4.69, 9.17) is 13.9 Å². The third kappa shape index (κ3) is 5.09. The van der Waals surface area contributed by atoms with Crippen LogP contribution in [0.2, 0.25) is 0 Å². The van der Waals surface area contributed by atoms with Gasteiger partial charge in [0.1, 0.15) is 17.4 Å². The largest absolute Gasteiger partial charge is 0.483 e. The normalized spacial score (nSPS) is 12.1. The molecular weight excluding hydrogens is 350 g/mol. The Bertz CT molecular complexity index is 899. The van der Waals surface area contributed by atoms with Crippen LogP contribution in [0.5, 0.6) is 5.75 Å². The standard InChI is InChI=1S/C20H25NO6/c1-11(2)8-15(20(24)25-5)21-17(22)10-26-16-7-6-14-12(3)9-18(23)27-19(14)13(16)4/h6-7,9,11,15H,8,10H2,1-5H3,(H,21,22)/t15-/m1/s1. The molecule has 0 saturated heterocycles. The van der Waals surface area contributed by atoms with Crippen LogP contribution in [0.3, 0.4) is 0 Å². The molecule has 2 aromatic rings. The van der Waals surface area contributed by atoms with Gasteiger partial charge < -0.3 is 19.2 Å². The Kier molecular flexibility index (Phi) is 6.60. The van der Waals surface area contributed by atoms with E-state index >= 15 is 0 Å². The minimum atomic E-state index is -0.718. The van der Waals surface area contributed by atoms with Crippen molar-refractivity contribution in [2.75, 3.05) is 13.7 Å². The minimum Gasteiger partial charge on any atom is -0.483 e. The van der Waals surface area contributed by atoms with Gasteiger partial charge in [0, 0.05) is 17.0 Å². The summed E-state index contributed by atoms with van der Waals surface area (Å²) in [6, 6.07) is 4.22. The van der Waals surface area contributed by atoms with Crippen LogP contribution in [0.15, 0.2) is 27.4 Å². The average Bonchev–Trinajstić information content (AvgIpc) is 2.60. The van der Waals surface area contributed by atoms with Crippen molar-refractivity contribution in [3.05, 3.63) is 39.7 Å². The van der Waals surface area contributed by atoms with Gasteiger partial charge in [0.25, 0.3) is 5.91 Å². The molecule has 27 heavy (non-hydrogen) atoms. The van der Waals surface area contributed by atoms with Crippen molar-refractivity contribution in [1.29, 1.82) is 0 Å². The third-order valence-corrected chi connectivity index (χ3v) is 4.20. The minimum absolute atomic E-state index is 0.212. The van der Waals surface area contributed by atoms with E-state index in [9.17, 15) is 14.4 Å². The van der Waals surface area contributed by atoms with Gasteiger partial charge >= 0.3 is 11.6 Å². The van der Waals surface area contributed by atoms with Crippen molar-refractivity contribution in [2.24, 2.45) is 5.92 Å². The van der Waals surface area contributed by atoms with E-state index in [1.165, 1.54) is 13.2 Å². The number of hydrogen-bond acceptors (Lipinski definition) is 6. The van der Waals surface area contributed by atoms with Gasteiger partial charge in [0.15, 0.2) is 6.61 Å². The second kappa shape index (κ2) is 8.70. The summed E-state index contributed by atoms with van der Waals surface area (Å²) in [6.45, 7) is 7.22. The molecule has 1 atom stereocenters. The fourth-order valence-corrected chi connectivity index (χ4v) is 2.86. The number of benzene rings is 1. The van der Waals surface area contributed by atoms with E-state index in [1.54, 1.807) is 19.1 Å². The van der Waals surface area contributed by atoms with Gasteiger partial charge in [-0.05, 0) is 43.9 Å². The Hall–Kier alpha value is -2.83. The van der Waals surface area contributed by atoms with Gasteiger partial charge in [-0.2, -0.15) is 0 Å². The van der Waals surface area contributed by atoms with E-state index in [-0.39, 0.29) is 12.5 Å². The summed E-state index contributed by atoms with van der Waals surface area (Å²) in [7, 11) is 1.28. The van der Waals surface area contributed by atoms with Gasteiger partial charge in [-0.3, -0.25) is 4.79 Å². The molecule has 1 aromatic heterocycles. The number of methoxy groups -OCH3 is 1. The Balaban J connectivity index is 2.11. The molecule has 1 aromatic carbocycles. The lowest BCUT2D eigenvalue weighted by molar-refractivity contribution is -0.145. The molecule has 0 bridgehead atoms. The highest BCUT2D eigenvalue weighted by Gasteiger charge is 2.23. The Morgan fingerprint density at radius 1 is 1.22 bits per heavy atom. The van der Waals surface area contributed by atoms with Crippen LogP contribution in [0.4, 0.5) is 0 Å². The van der Waals surface area contributed by atoms with Gasteiger partial charge in [0.2, 0.25) is 0 Å². The molecule has 1 heterocycles. The lowest BCUT2D eigenvalue weighted by Crippen LogP contribution is -2.44. The number of carbonyl (C=O) groups is 2. The average molecular weight is 375 g/mol. The SMILES string of the molecule is COC(=O)[C@@H](CC(C)C)NC(=O)COc1ccc2c(C)cc(=O)oc2c1C. The molecule has 0 fully saturated rings. The number of hydrogen-bond donors (Lipinski definition) is 1. The molecule has 0 aliphatic rings. The maximum Gasteiger partial charge on any atom is 0.336 e. The lowest BCUT2D eigenvalue weighted by atomic mass is 10.0. The zero-order valence-electron chi connectivity index (χ0n) is 16.3. The van der Waals surface area contributed by atoms with Gasteiger partial charge in [-0.15, -0.1) is 0 Å². The van der Waals surface area contributed by atoms with Gasteiger partial charge in [0.05, 0.1) is 7.11 Å². The van der Waals surface area contributed by atoms with E-state index in [1.807, 2.05) is 20.8 Å². The summed E-state index contributed by atoms with van der Waals surface area (Å²) in [5.41, 5.74) is 1.44. The second-order valence-electron chi connectivity index (χ2n) is 6.88.